The molecule has 2 heterocycles. The molecule has 6 nitrogen and oxygen atoms in total. The molecule has 1 aliphatic carbocycles. The summed E-state index contributed by atoms with van der Waals surface area (Å²) in [6.07, 6.45) is 10.9. The molecule has 106 valence electrons. The number of nitrogens with zero attached hydrogens (tertiary/aromatic N) is 4. The van der Waals surface area contributed by atoms with E-state index in [-0.39, 0.29) is 18.6 Å². The van der Waals surface area contributed by atoms with Gasteiger partial charge in [0.25, 0.3) is 5.91 Å². The zero-order valence-corrected chi connectivity index (χ0v) is 11.3. The SMILES string of the molecule is O=C(c1cnn2ccncc12)N(CCO)C1CCCC1. The van der Waals surface area contributed by atoms with Crippen LogP contribution in [-0.4, -0.2) is 49.7 Å². The molecule has 20 heavy (non-hydrogen) atoms. The maximum absolute atomic E-state index is 12.7. The normalized spacial score (nSPS) is 15.8. The van der Waals surface area contributed by atoms with Crippen LogP contribution in [0.1, 0.15) is 36.0 Å². The maximum Gasteiger partial charge on any atom is 0.258 e. The van der Waals surface area contributed by atoms with Crippen LogP contribution in [0.4, 0.5) is 0 Å². The van der Waals surface area contributed by atoms with Crippen molar-refractivity contribution in [2.45, 2.75) is 31.7 Å². The van der Waals surface area contributed by atoms with Crippen LogP contribution in [0.5, 0.6) is 0 Å². The fourth-order valence-electron chi connectivity index (χ4n) is 2.93. The van der Waals surface area contributed by atoms with Gasteiger partial charge in [-0.15, -0.1) is 0 Å². The second kappa shape index (κ2) is 5.58. The lowest BCUT2D eigenvalue weighted by molar-refractivity contribution is 0.0640. The summed E-state index contributed by atoms with van der Waals surface area (Å²) in [5, 5.41) is 13.4. The van der Waals surface area contributed by atoms with E-state index in [4.69, 9.17) is 0 Å². The molecule has 0 aliphatic heterocycles. The number of carbonyl (C=O) groups excluding carboxylic acids is 1. The average molecular weight is 274 g/mol. The van der Waals surface area contributed by atoms with Gasteiger partial charge in [0.2, 0.25) is 0 Å². The van der Waals surface area contributed by atoms with Crippen LogP contribution < -0.4 is 0 Å². The van der Waals surface area contributed by atoms with Crippen LogP contribution in [0.2, 0.25) is 0 Å². The molecule has 0 spiro atoms. The van der Waals surface area contributed by atoms with E-state index in [1.165, 1.54) is 0 Å². The number of fused-ring (bicyclic) bond motifs is 1. The van der Waals surface area contributed by atoms with Gasteiger partial charge < -0.3 is 10.0 Å². The van der Waals surface area contributed by atoms with Crippen LogP contribution >= 0.6 is 0 Å². The lowest BCUT2D eigenvalue weighted by Crippen LogP contribution is -2.40. The van der Waals surface area contributed by atoms with Gasteiger partial charge in [-0.3, -0.25) is 9.78 Å². The average Bonchev–Trinajstić information content (AvgIpc) is 3.13. The Labute approximate surface area is 117 Å². The fraction of sp³-hybridized carbons (Fsp3) is 0.500. The number of aromatic nitrogens is 3. The van der Waals surface area contributed by atoms with Crippen LogP contribution in [0, 0.1) is 0 Å². The van der Waals surface area contributed by atoms with Crippen molar-refractivity contribution in [3.8, 4) is 0 Å². The van der Waals surface area contributed by atoms with Crippen molar-refractivity contribution in [3.05, 3.63) is 30.4 Å². The minimum absolute atomic E-state index is 0.0142. The molecule has 0 unspecified atom stereocenters. The molecule has 1 saturated carbocycles. The van der Waals surface area contributed by atoms with E-state index in [9.17, 15) is 9.90 Å². The van der Waals surface area contributed by atoms with Crippen molar-refractivity contribution in [1.29, 1.82) is 0 Å². The minimum Gasteiger partial charge on any atom is -0.395 e. The molecular weight excluding hydrogens is 256 g/mol. The Morgan fingerprint density at radius 3 is 2.95 bits per heavy atom. The van der Waals surface area contributed by atoms with Crippen molar-refractivity contribution < 1.29 is 9.90 Å². The Bertz CT molecular complexity index is 604. The molecule has 2 aromatic rings. The van der Waals surface area contributed by atoms with Crippen molar-refractivity contribution in [2.75, 3.05) is 13.2 Å². The second-order valence-corrected chi connectivity index (χ2v) is 5.12. The topological polar surface area (TPSA) is 70.7 Å². The van der Waals surface area contributed by atoms with Crippen LogP contribution in [0.15, 0.2) is 24.8 Å². The highest BCUT2D eigenvalue weighted by atomic mass is 16.3. The van der Waals surface area contributed by atoms with Gasteiger partial charge in [0.1, 0.15) is 0 Å². The third-order valence-electron chi connectivity index (χ3n) is 3.92. The number of hydrogen-bond acceptors (Lipinski definition) is 4. The van der Waals surface area contributed by atoms with Gasteiger partial charge in [0.15, 0.2) is 0 Å². The molecule has 0 bridgehead atoms. The van der Waals surface area contributed by atoms with Gasteiger partial charge in [0.05, 0.1) is 30.1 Å². The Hall–Kier alpha value is -1.95. The first kappa shape index (κ1) is 13.1. The lowest BCUT2D eigenvalue weighted by atomic mass is 10.1. The predicted molar refractivity (Wildman–Crippen MR) is 73.4 cm³/mol. The molecule has 6 heteroatoms. The molecular formula is C14H18N4O2. The highest BCUT2D eigenvalue weighted by molar-refractivity contribution is 6.00. The quantitative estimate of drug-likeness (QED) is 0.906. The first-order valence-corrected chi connectivity index (χ1v) is 7.00. The van der Waals surface area contributed by atoms with Gasteiger partial charge in [-0.1, -0.05) is 12.8 Å². The summed E-state index contributed by atoms with van der Waals surface area (Å²) < 4.78 is 1.64. The first-order chi connectivity index (χ1) is 9.81. The van der Waals surface area contributed by atoms with Crippen molar-refractivity contribution in [3.63, 3.8) is 0 Å². The molecule has 1 amide bonds. The van der Waals surface area contributed by atoms with Gasteiger partial charge in [-0.25, -0.2) is 4.52 Å². The molecule has 1 N–H and O–H groups in total. The summed E-state index contributed by atoms with van der Waals surface area (Å²) >= 11 is 0. The number of aliphatic hydroxyl groups is 1. The number of amides is 1. The van der Waals surface area contributed by atoms with E-state index >= 15 is 0 Å². The minimum atomic E-state index is -0.0612. The molecule has 0 radical (unpaired) electrons. The zero-order chi connectivity index (χ0) is 13.9. The summed E-state index contributed by atoms with van der Waals surface area (Å²) in [4.78, 5) is 18.6. The van der Waals surface area contributed by atoms with Crippen molar-refractivity contribution >= 4 is 11.4 Å². The molecule has 0 atom stereocenters. The highest BCUT2D eigenvalue weighted by Crippen LogP contribution is 2.25. The van der Waals surface area contributed by atoms with Gasteiger partial charge in [-0.05, 0) is 12.8 Å². The van der Waals surface area contributed by atoms with Crippen LogP contribution in [0.3, 0.4) is 0 Å². The maximum atomic E-state index is 12.7. The predicted octanol–water partition coefficient (Wildman–Crippen LogP) is 1.11. The Kier molecular flexibility index (Phi) is 3.64. The van der Waals surface area contributed by atoms with E-state index in [2.05, 4.69) is 10.1 Å². The summed E-state index contributed by atoms with van der Waals surface area (Å²) in [5.74, 6) is -0.0612. The van der Waals surface area contributed by atoms with Crippen LogP contribution in [0.25, 0.3) is 5.52 Å². The van der Waals surface area contributed by atoms with Gasteiger partial charge in [-0.2, -0.15) is 5.10 Å². The third-order valence-corrected chi connectivity index (χ3v) is 3.92. The standard InChI is InChI=1S/C14H18N4O2/c19-8-7-17(11-3-1-2-4-11)14(20)12-9-16-18-6-5-15-10-13(12)18/h5-6,9-11,19H,1-4,7-8H2. The molecule has 2 aromatic heterocycles. The second-order valence-electron chi connectivity index (χ2n) is 5.12. The summed E-state index contributed by atoms with van der Waals surface area (Å²) in [6, 6.07) is 0.237. The Morgan fingerprint density at radius 2 is 2.20 bits per heavy atom. The van der Waals surface area contributed by atoms with E-state index in [0.29, 0.717) is 17.6 Å². The largest absolute Gasteiger partial charge is 0.395 e. The number of carbonyl (C=O) groups is 1. The molecule has 0 saturated heterocycles. The molecule has 3 rings (SSSR count). The van der Waals surface area contributed by atoms with Crippen molar-refractivity contribution in [1.82, 2.24) is 19.5 Å². The zero-order valence-electron chi connectivity index (χ0n) is 11.3. The molecule has 1 aliphatic rings. The molecule has 0 aromatic carbocycles. The molecule has 1 fully saturated rings. The highest BCUT2D eigenvalue weighted by Gasteiger charge is 2.28. The summed E-state index contributed by atoms with van der Waals surface area (Å²) in [7, 11) is 0. The lowest BCUT2D eigenvalue weighted by Gasteiger charge is -2.28. The van der Waals surface area contributed by atoms with E-state index < -0.39 is 0 Å². The monoisotopic (exact) mass is 274 g/mol. The Morgan fingerprint density at radius 1 is 1.40 bits per heavy atom. The Balaban J connectivity index is 1.92. The summed E-state index contributed by atoms with van der Waals surface area (Å²) in [5.41, 5.74) is 1.26. The first-order valence-electron chi connectivity index (χ1n) is 7.00. The van der Waals surface area contributed by atoms with Gasteiger partial charge in [0, 0.05) is 25.0 Å². The van der Waals surface area contributed by atoms with E-state index in [0.717, 1.165) is 25.7 Å². The van der Waals surface area contributed by atoms with E-state index in [1.54, 1.807) is 34.2 Å². The summed E-state index contributed by atoms with van der Waals surface area (Å²) in [6.45, 7) is 0.362. The third kappa shape index (κ3) is 2.27. The van der Waals surface area contributed by atoms with Crippen LogP contribution in [-0.2, 0) is 0 Å². The smallest absolute Gasteiger partial charge is 0.258 e. The number of aliphatic hydroxyl groups excluding tert-OH is 1. The number of rotatable bonds is 4. The van der Waals surface area contributed by atoms with E-state index in [1.807, 2.05) is 0 Å². The fourth-order valence-corrected chi connectivity index (χ4v) is 2.93. The van der Waals surface area contributed by atoms with Gasteiger partial charge >= 0.3 is 0 Å². The van der Waals surface area contributed by atoms with Crippen molar-refractivity contribution in [2.24, 2.45) is 0 Å². The number of hydrogen-bond donors (Lipinski definition) is 1.